The number of pyridine rings is 1. The Balaban J connectivity index is 1.59. The van der Waals surface area contributed by atoms with Gasteiger partial charge in [0.15, 0.2) is 0 Å². The third-order valence-corrected chi connectivity index (χ3v) is 3.66. The molecule has 3 rings (SSSR count). The Hall–Kier alpha value is -2.23. The average molecular weight is 269 g/mol. The van der Waals surface area contributed by atoms with E-state index in [9.17, 15) is 0 Å². The second-order valence-electron chi connectivity index (χ2n) is 5.05. The second kappa shape index (κ2) is 5.82. The summed E-state index contributed by atoms with van der Waals surface area (Å²) in [6.07, 6.45) is 5.79. The molecule has 0 saturated carbocycles. The molecule has 1 aromatic heterocycles. The lowest BCUT2D eigenvalue weighted by Crippen LogP contribution is -2.38. The number of anilines is 2. The zero-order valence-electron chi connectivity index (χ0n) is 11.4. The van der Waals surface area contributed by atoms with Crippen LogP contribution in [-0.2, 0) is 0 Å². The van der Waals surface area contributed by atoms with E-state index in [2.05, 4.69) is 16.0 Å². The fourth-order valence-electron chi connectivity index (χ4n) is 2.60. The van der Waals surface area contributed by atoms with Crippen molar-refractivity contribution in [3.05, 3.63) is 48.8 Å². The van der Waals surface area contributed by atoms with Crippen LogP contribution in [0.1, 0.15) is 12.8 Å². The molecule has 0 amide bonds. The molecule has 2 aromatic rings. The lowest BCUT2D eigenvalue weighted by molar-refractivity contribution is 0.170. The Bertz CT molecular complexity index is 551. The molecule has 0 atom stereocenters. The highest BCUT2D eigenvalue weighted by Crippen LogP contribution is 2.27. The highest BCUT2D eigenvalue weighted by molar-refractivity contribution is 5.67. The number of aromatic nitrogens is 1. The Morgan fingerprint density at radius 2 is 1.90 bits per heavy atom. The van der Waals surface area contributed by atoms with Crippen LogP contribution in [-0.4, -0.2) is 24.2 Å². The Labute approximate surface area is 119 Å². The molecular weight excluding hydrogens is 250 g/mol. The SMILES string of the molecule is Nc1ccccc1N1CCC(Oc2cccnc2)CC1. The van der Waals surface area contributed by atoms with E-state index in [1.165, 1.54) is 0 Å². The first-order chi connectivity index (χ1) is 9.83. The zero-order valence-corrected chi connectivity index (χ0v) is 11.4. The number of para-hydroxylation sites is 2. The monoisotopic (exact) mass is 269 g/mol. The van der Waals surface area contributed by atoms with Crippen LogP contribution >= 0.6 is 0 Å². The van der Waals surface area contributed by atoms with Gasteiger partial charge in [-0.2, -0.15) is 0 Å². The Morgan fingerprint density at radius 3 is 2.60 bits per heavy atom. The zero-order chi connectivity index (χ0) is 13.8. The predicted molar refractivity (Wildman–Crippen MR) is 81.0 cm³/mol. The minimum absolute atomic E-state index is 0.264. The highest BCUT2D eigenvalue weighted by atomic mass is 16.5. The second-order valence-corrected chi connectivity index (χ2v) is 5.05. The van der Waals surface area contributed by atoms with Gasteiger partial charge >= 0.3 is 0 Å². The summed E-state index contributed by atoms with van der Waals surface area (Å²) in [6.45, 7) is 1.94. The molecule has 4 nitrogen and oxygen atoms in total. The third kappa shape index (κ3) is 2.85. The summed E-state index contributed by atoms with van der Waals surface area (Å²) in [5.74, 6) is 0.852. The van der Waals surface area contributed by atoms with Gasteiger partial charge in [-0.15, -0.1) is 0 Å². The Morgan fingerprint density at radius 1 is 1.10 bits per heavy atom. The largest absolute Gasteiger partial charge is 0.489 e. The van der Waals surface area contributed by atoms with Gasteiger partial charge < -0.3 is 15.4 Å². The maximum atomic E-state index is 6.03. The summed E-state index contributed by atoms with van der Waals surface area (Å²) in [5, 5.41) is 0. The van der Waals surface area contributed by atoms with Crippen LogP contribution in [0.3, 0.4) is 0 Å². The van der Waals surface area contributed by atoms with E-state index in [4.69, 9.17) is 10.5 Å². The predicted octanol–water partition coefficient (Wildman–Crippen LogP) is 2.71. The number of benzene rings is 1. The van der Waals surface area contributed by atoms with Crippen molar-refractivity contribution in [2.75, 3.05) is 23.7 Å². The van der Waals surface area contributed by atoms with Gasteiger partial charge in [0, 0.05) is 32.1 Å². The number of nitrogen functional groups attached to an aromatic ring is 1. The van der Waals surface area contributed by atoms with Gasteiger partial charge in [0.1, 0.15) is 11.9 Å². The molecule has 2 heterocycles. The van der Waals surface area contributed by atoms with Crippen LogP contribution in [0.4, 0.5) is 11.4 Å². The maximum absolute atomic E-state index is 6.03. The number of ether oxygens (including phenoxy) is 1. The average Bonchev–Trinajstić information content (AvgIpc) is 2.50. The van der Waals surface area contributed by atoms with E-state index in [1.807, 2.05) is 30.3 Å². The van der Waals surface area contributed by atoms with Crippen molar-refractivity contribution in [3.8, 4) is 5.75 Å². The van der Waals surface area contributed by atoms with Crippen LogP contribution < -0.4 is 15.4 Å². The van der Waals surface area contributed by atoms with E-state index < -0.39 is 0 Å². The Kier molecular flexibility index (Phi) is 3.72. The molecule has 104 valence electrons. The lowest BCUT2D eigenvalue weighted by Gasteiger charge is -2.34. The first kappa shape index (κ1) is 12.8. The molecule has 0 spiro atoms. The molecule has 1 aliphatic rings. The van der Waals surface area contributed by atoms with E-state index in [1.54, 1.807) is 12.4 Å². The van der Waals surface area contributed by atoms with Crippen molar-refractivity contribution in [2.24, 2.45) is 0 Å². The quantitative estimate of drug-likeness (QED) is 0.870. The number of piperidine rings is 1. The molecule has 1 aromatic carbocycles. The minimum Gasteiger partial charge on any atom is -0.489 e. The van der Waals surface area contributed by atoms with Gasteiger partial charge in [0.25, 0.3) is 0 Å². The first-order valence-electron chi connectivity index (χ1n) is 6.99. The summed E-state index contributed by atoms with van der Waals surface area (Å²) in [4.78, 5) is 6.40. The van der Waals surface area contributed by atoms with Crippen molar-refractivity contribution >= 4 is 11.4 Å². The van der Waals surface area contributed by atoms with E-state index in [0.29, 0.717) is 0 Å². The van der Waals surface area contributed by atoms with E-state index >= 15 is 0 Å². The van der Waals surface area contributed by atoms with Crippen LogP contribution in [0.25, 0.3) is 0 Å². The summed E-state index contributed by atoms with van der Waals surface area (Å²) in [6, 6.07) is 11.9. The fourth-order valence-corrected chi connectivity index (χ4v) is 2.60. The summed E-state index contributed by atoms with van der Waals surface area (Å²) in [7, 11) is 0. The summed E-state index contributed by atoms with van der Waals surface area (Å²) in [5.41, 5.74) is 8.01. The number of nitrogens with zero attached hydrogens (tertiary/aromatic N) is 2. The number of nitrogens with two attached hydrogens (primary N) is 1. The molecule has 0 aliphatic carbocycles. The van der Waals surface area contributed by atoms with Crippen molar-refractivity contribution < 1.29 is 4.74 Å². The van der Waals surface area contributed by atoms with Crippen LogP contribution in [0.2, 0.25) is 0 Å². The lowest BCUT2D eigenvalue weighted by atomic mass is 10.1. The van der Waals surface area contributed by atoms with Gasteiger partial charge in [0.2, 0.25) is 0 Å². The highest BCUT2D eigenvalue weighted by Gasteiger charge is 2.21. The first-order valence-corrected chi connectivity index (χ1v) is 6.99. The molecule has 1 aliphatic heterocycles. The topological polar surface area (TPSA) is 51.4 Å². The van der Waals surface area contributed by atoms with E-state index in [-0.39, 0.29) is 6.10 Å². The smallest absolute Gasteiger partial charge is 0.137 e. The van der Waals surface area contributed by atoms with Crippen molar-refractivity contribution in [1.29, 1.82) is 0 Å². The van der Waals surface area contributed by atoms with Gasteiger partial charge in [-0.05, 0) is 24.3 Å². The molecule has 1 saturated heterocycles. The molecule has 0 radical (unpaired) electrons. The van der Waals surface area contributed by atoms with Crippen molar-refractivity contribution in [2.45, 2.75) is 18.9 Å². The number of rotatable bonds is 3. The molecule has 4 heteroatoms. The van der Waals surface area contributed by atoms with Crippen LogP contribution in [0, 0.1) is 0 Å². The maximum Gasteiger partial charge on any atom is 0.137 e. The fraction of sp³-hybridized carbons (Fsp3) is 0.312. The number of hydrogen-bond donors (Lipinski definition) is 1. The van der Waals surface area contributed by atoms with Gasteiger partial charge in [-0.25, -0.2) is 0 Å². The van der Waals surface area contributed by atoms with Crippen LogP contribution in [0.15, 0.2) is 48.8 Å². The van der Waals surface area contributed by atoms with Crippen molar-refractivity contribution in [3.63, 3.8) is 0 Å². The molecule has 1 fully saturated rings. The minimum atomic E-state index is 0.264. The standard InChI is InChI=1S/C16H19N3O/c17-15-5-1-2-6-16(15)19-10-7-13(8-11-19)20-14-4-3-9-18-12-14/h1-6,9,12-13H,7-8,10-11,17H2. The van der Waals surface area contributed by atoms with E-state index in [0.717, 1.165) is 43.1 Å². The molecule has 0 unspecified atom stereocenters. The van der Waals surface area contributed by atoms with Crippen LogP contribution in [0.5, 0.6) is 5.75 Å². The number of hydrogen-bond acceptors (Lipinski definition) is 4. The van der Waals surface area contributed by atoms with Gasteiger partial charge in [-0.3, -0.25) is 4.98 Å². The van der Waals surface area contributed by atoms with Gasteiger partial charge in [0.05, 0.1) is 17.6 Å². The molecule has 2 N–H and O–H groups in total. The summed E-state index contributed by atoms with van der Waals surface area (Å²) < 4.78 is 5.95. The third-order valence-electron chi connectivity index (χ3n) is 3.66. The molecule has 0 bridgehead atoms. The van der Waals surface area contributed by atoms with Crippen molar-refractivity contribution in [1.82, 2.24) is 4.98 Å². The summed E-state index contributed by atoms with van der Waals surface area (Å²) >= 11 is 0. The normalized spacial score (nSPS) is 16.1. The molecule has 20 heavy (non-hydrogen) atoms. The molecular formula is C16H19N3O. The van der Waals surface area contributed by atoms with Gasteiger partial charge in [-0.1, -0.05) is 12.1 Å².